The Bertz CT molecular complexity index is 259. The van der Waals surface area contributed by atoms with Gasteiger partial charge in [-0.2, -0.15) is 5.10 Å². The lowest BCUT2D eigenvalue weighted by molar-refractivity contribution is 0.536. The summed E-state index contributed by atoms with van der Waals surface area (Å²) in [5, 5.41) is 3.85. The average molecular weight is 173 g/mol. The maximum Gasteiger partial charge on any atom is 0.0640 e. The van der Waals surface area contributed by atoms with Gasteiger partial charge >= 0.3 is 0 Å². The Balaban J connectivity index is 2.73. The molecule has 4 nitrogen and oxygen atoms in total. The van der Waals surface area contributed by atoms with Crippen molar-refractivity contribution in [3.05, 3.63) is 12.4 Å². The number of hydrogen-bond donors (Lipinski definition) is 0. The van der Waals surface area contributed by atoms with Crippen molar-refractivity contribution in [2.45, 2.75) is 24.8 Å². The lowest BCUT2D eigenvalue weighted by Gasteiger charge is -1.98. The van der Waals surface area contributed by atoms with Gasteiger partial charge in [0, 0.05) is 12.7 Å². The molecule has 62 valence electrons. The summed E-state index contributed by atoms with van der Waals surface area (Å²) >= 11 is -2.15. The Morgan fingerprint density at radius 1 is 1.82 bits per heavy atom. The van der Waals surface area contributed by atoms with E-state index in [1.54, 1.807) is 4.68 Å². The van der Waals surface area contributed by atoms with Gasteiger partial charge in [0.1, 0.15) is 0 Å². The number of hydrogen-bond acceptors (Lipinski definition) is 3. The minimum absolute atomic E-state index is 0.249. The standard InChI is InChI=1S/C6H10N2O2S/c1-2-3-8-5-6(4-7-8)11(9)10/h4-5H,2-3H2,1H3,(H,9,10)/p-1. The van der Waals surface area contributed by atoms with Crippen molar-refractivity contribution in [1.82, 2.24) is 9.78 Å². The maximum atomic E-state index is 10.4. The molecule has 11 heavy (non-hydrogen) atoms. The van der Waals surface area contributed by atoms with E-state index in [0.29, 0.717) is 0 Å². The molecule has 0 aromatic carbocycles. The molecule has 1 atom stereocenters. The number of nitrogens with zero attached hydrogens (tertiary/aromatic N) is 2. The zero-order valence-electron chi connectivity index (χ0n) is 6.19. The molecular formula is C6H9N2O2S-. The van der Waals surface area contributed by atoms with Crippen molar-refractivity contribution in [2.24, 2.45) is 0 Å². The summed E-state index contributed by atoms with van der Waals surface area (Å²) < 4.78 is 22.3. The van der Waals surface area contributed by atoms with Crippen LogP contribution in [-0.2, 0) is 17.6 Å². The first-order chi connectivity index (χ1) is 5.24. The summed E-state index contributed by atoms with van der Waals surface area (Å²) in [5.41, 5.74) is 0. The number of aromatic nitrogens is 2. The van der Waals surface area contributed by atoms with Crippen molar-refractivity contribution >= 4 is 11.1 Å². The second kappa shape index (κ2) is 3.64. The molecule has 1 aromatic rings. The summed E-state index contributed by atoms with van der Waals surface area (Å²) in [6.45, 7) is 2.77. The van der Waals surface area contributed by atoms with Crippen LogP contribution in [0.5, 0.6) is 0 Å². The van der Waals surface area contributed by atoms with Crippen molar-refractivity contribution in [3.8, 4) is 0 Å². The van der Waals surface area contributed by atoms with Gasteiger partial charge in [-0.15, -0.1) is 0 Å². The minimum atomic E-state index is -2.15. The summed E-state index contributed by atoms with van der Waals surface area (Å²) in [7, 11) is 0. The quantitative estimate of drug-likeness (QED) is 0.626. The van der Waals surface area contributed by atoms with Crippen LogP contribution in [-0.4, -0.2) is 18.5 Å². The molecular weight excluding hydrogens is 164 g/mol. The van der Waals surface area contributed by atoms with Gasteiger partial charge in [0.2, 0.25) is 0 Å². The van der Waals surface area contributed by atoms with Crippen LogP contribution in [0.3, 0.4) is 0 Å². The van der Waals surface area contributed by atoms with Crippen molar-refractivity contribution in [2.75, 3.05) is 0 Å². The first-order valence-corrected chi connectivity index (χ1v) is 4.43. The van der Waals surface area contributed by atoms with E-state index in [9.17, 15) is 8.76 Å². The fraction of sp³-hybridized carbons (Fsp3) is 0.500. The predicted molar refractivity (Wildman–Crippen MR) is 39.7 cm³/mol. The first-order valence-electron chi connectivity index (χ1n) is 3.35. The highest BCUT2D eigenvalue weighted by atomic mass is 32.2. The lowest BCUT2D eigenvalue weighted by Crippen LogP contribution is -1.95. The third-order valence-corrected chi connectivity index (χ3v) is 1.85. The first kappa shape index (κ1) is 8.42. The maximum absolute atomic E-state index is 10.4. The molecule has 0 spiro atoms. The van der Waals surface area contributed by atoms with Gasteiger partial charge in [0.05, 0.1) is 11.1 Å². The monoisotopic (exact) mass is 173 g/mol. The van der Waals surface area contributed by atoms with E-state index in [1.807, 2.05) is 6.92 Å². The second-order valence-corrected chi connectivity index (χ2v) is 3.11. The van der Waals surface area contributed by atoms with E-state index < -0.39 is 11.1 Å². The third-order valence-electron chi connectivity index (χ3n) is 1.25. The van der Waals surface area contributed by atoms with Gasteiger partial charge in [0.15, 0.2) is 0 Å². The Morgan fingerprint density at radius 2 is 2.55 bits per heavy atom. The highest BCUT2D eigenvalue weighted by Gasteiger charge is 1.95. The Hall–Kier alpha value is -0.680. The van der Waals surface area contributed by atoms with Crippen molar-refractivity contribution < 1.29 is 8.76 Å². The lowest BCUT2D eigenvalue weighted by atomic mass is 10.5. The van der Waals surface area contributed by atoms with Gasteiger partial charge < -0.3 is 4.55 Å². The molecule has 1 heterocycles. The zero-order valence-corrected chi connectivity index (χ0v) is 7.00. The van der Waals surface area contributed by atoms with Crippen LogP contribution >= 0.6 is 0 Å². The molecule has 0 radical (unpaired) electrons. The smallest absolute Gasteiger partial charge is 0.0640 e. The van der Waals surface area contributed by atoms with Gasteiger partial charge in [-0.05, 0) is 17.5 Å². The summed E-state index contributed by atoms with van der Waals surface area (Å²) in [5.74, 6) is 0. The minimum Gasteiger partial charge on any atom is -0.768 e. The molecule has 0 amide bonds. The van der Waals surface area contributed by atoms with Gasteiger partial charge in [-0.3, -0.25) is 8.89 Å². The molecule has 0 fully saturated rings. The molecule has 0 bridgehead atoms. The summed E-state index contributed by atoms with van der Waals surface area (Å²) in [4.78, 5) is 0.249. The van der Waals surface area contributed by atoms with Crippen molar-refractivity contribution in [3.63, 3.8) is 0 Å². The van der Waals surface area contributed by atoms with E-state index in [1.165, 1.54) is 12.4 Å². The molecule has 5 heteroatoms. The zero-order chi connectivity index (χ0) is 8.27. The molecule has 0 aliphatic carbocycles. The molecule has 0 N–H and O–H groups in total. The predicted octanol–water partition coefficient (Wildman–Crippen LogP) is 0.531. The van der Waals surface area contributed by atoms with E-state index >= 15 is 0 Å². The number of rotatable bonds is 3. The summed E-state index contributed by atoms with van der Waals surface area (Å²) in [6.07, 6.45) is 3.82. The van der Waals surface area contributed by atoms with Crippen molar-refractivity contribution in [1.29, 1.82) is 0 Å². The van der Waals surface area contributed by atoms with Crippen LogP contribution in [0.25, 0.3) is 0 Å². The summed E-state index contributed by atoms with van der Waals surface area (Å²) in [6, 6.07) is 0. The average Bonchev–Trinajstić information content (AvgIpc) is 2.37. The molecule has 0 saturated carbocycles. The molecule has 0 aliphatic rings. The third kappa shape index (κ3) is 2.13. The highest BCUT2D eigenvalue weighted by Crippen LogP contribution is 2.01. The Morgan fingerprint density at radius 3 is 3.00 bits per heavy atom. The van der Waals surface area contributed by atoms with E-state index in [0.717, 1.165) is 13.0 Å². The van der Waals surface area contributed by atoms with Gasteiger partial charge in [-0.25, -0.2) is 0 Å². The highest BCUT2D eigenvalue weighted by molar-refractivity contribution is 7.79. The van der Waals surface area contributed by atoms with E-state index in [2.05, 4.69) is 5.10 Å². The van der Waals surface area contributed by atoms with Crippen LogP contribution in [0.15, 0.2) is 17.3 Å². The second-order valence-electron chi connectivity index (χ2n) is 2.17. The van der Waals surface area contributed by atoms with Gasteiger partial charge in [0.25, 0.3) is 0 Å². The fourth-order valence-corrected chi connectivity index (χ4v) is 1.12. The molecule has 1 aromatic heterocycles. The van der Waals surface area contributed by atoms with Crippen LogP contribution in [0.4, 0.5) is 0 Å². The van der Waals surface area contributed by atoms with Crippen LogP contribution in [0.1, 0.15) is 13.3 Å². The fourth-order valence-electron chi connectivity index (χ4n) is 0.782. The van der Waals surface area contributed by atoms with Crippen LogP contribution < -0.4 is 0 Å². The molecule has 1 rings (SSSR count). The number of aryl methyl sites for hydroxylation is 1. The molecule has 1 unspecified atom stereocenters. The molecule has 0 aliphatic heterocycles. The largest absolute Gasteiger partial charge is 0.768 e. The molecule has 0 saturated heterocycles. The van der Waals surface area contributed by atoms with E-state index in [4.69, 9.17) is 0 Å². The Labute approximate surface area is 67.5 Å². The topological polar surface area (TPSA) is 58.0 Å². The van der Waals surface area contributed by atoms with Gasteiger partial charge in [-0.1, -0.05) is 6.92 Å². The van der Waals surface area contributed by atoms with E-state index in [-0.39, 0.29) is 4.90 Å². The van der Waals surface area contributed by atoms with Crippen LogP contribution in [0.2, 0.25) is 0 Å². The SMILES string of the molecule is CCCn1cc(S(=O)[O-])cn1. The Kier molecular flexibility index (Phi) is 2.78. The normalized spacial score (nSPS) is 13.3. The van der Waals surface area contributed by atoms with Crippen LogP contribution in [0, 0.1) is 0 Å².